The number of nitrogens with zero attached hydrogens (tertiary/aromatic N) is 2. The number of rotatable bonds is 7. The summed E-state index contributed by atoms with van der Waals surface area (Å²) in [5.41, 5.74) is 0.444. The Morgan fingerprint density at radius 1 is 1.47 bits per heavy atom. The fraction of sp³-hybridized carbons (Fsp3) is 0.600. The molecule has 1 rings (SSSR count). The first-order chi connectivity index (χ1) is 7.74. The molecule has 0 saturated carbocycles. The summed E-state index contributed by atoms with van der Waals surface area (Å²) in [4.78, 5) is 15.5. The third-order valence-corrected chi connectivity index (χ3v) is 2.01. The van der Waals surface area contributed by atoms with E-state index < -0.39 is 0 Å². The van der Waals surface area contributed by atoms with E-state index in [0.29, 0.717) is 18.8 Å². The van der Waals surface area contributed by atoms with Gasteiger partial charge in [-0.15, -0.1) is 12.4 Å². The molecule has 0 bridgehead atoms. The molecule has 1 heterocycles. The lowest BCUT2D eigenvalue weighted by Crippen LogP contribution is -2.33. The van der Waals surface area contributed by atoms with Crippen LogP contribution in [0.1, 0.15) is 10.5 Å². The van der Waals surface area contributed by atoms with Crippen molar-refractivity contribution in [3.05, 3.63) is 18.2 Å². The summed E-state index contributed by atoms with van der Waals surface area (Å²) < 4.78 is 6.62. The minimum Gasteiger partial charge on any atom is -0.383 e. The number of halogens is 1. The normalized spacial score (nSPS) is 9.76. The Morgan fingerprint density at radius 2 is 2.24 bits per heavy atom. The van der Waals surface area contributed by atoms with Crippen LogP contribution in [0.15, 0.2) is 12.5 Å². The van der Waals surface area contributed by atoms with Gasteiger partial charge >= 0.3 is 0 Å². The molecule has 2 N–H and O–H groups in total. The summed E-state index contributed by atoms with van der Waals surface area (Å²) in [5.74, 6) is -0.144. The van der Waals surface area contributed by atoms with Crippen LogP contribution in [0.2, 0.25) is 0 Å². The smallest absolute Gasteiger partial charge is 0.271 e. The van der Waals surface area contributed by atoms with Gasteiger partial charge in [0.25, 0.3) is 5.91 Å². The van der Waals surface area contributed by atoms with Gasteiger partial charge in [-0.1, -0.05) is 0 Å². The van der Waals surface area contributed by atoms with Gasteiger partial charge in [-0.05, 0) is 0 Å². The SMILES string of the molecule is COCCNCCNC(=O)c1cn(C)cn1.Cl. The topological polar surface area (TPSA) is 68.2 Å². The van der Waals surface area contributed by atoms with Crippen LogP contribution < -0.4 is 10.6 Å². The highest BCUT2D eigenvalue weighted by Gasteiger charge is 2.06. The Bertz CT molecular complexity index is 330. The molecule has 0 aliphatic carbocycles. The molecule has 17 heavy (non-hydrogen) atoms. The maximum Gasteiger partial charge on any atom is 0.271 e. The molecule has 0 spiro atoms. The Hall–Kier alpha value is -1.11. The maximum atomic E-state index is 11.5. The average Bonchev–Trinajstić information content (AvgIpc) is 2.70. The predicted octanol–water partition coefficient (Wildman–Crippen LogP) is -0.192. The number of nitrogens with one attached hydrogen (secondary N) is 2. The second kappa shape index (κ2) is 8.98. The molecule has 0 unspecified atom stereocenters. The Morgan fingerprint density at radius 3 is 2.82 bits per heavy atom. The zero-order valence-corrected chi connectivity index (χ0v) is 10.9. The lowest BCUT2D eigenvalue weighted by Gasteiger charge is -2.04. The second-order valence-corrected chi connectivity index (χ2v) is 3.42. The Balaban J connectivity index is 0.00000256. The molecule has 0 aromatic carbocycles. The van der Waals surface area contributed by atoms with Crippen molar-refractivity contribution in [1.82, 2.24) is 20.2 Å². The van der Waals surface area contributed by atoms with Crippen molar-refractivity contribution in [2.24, 2.45) is 7.05 Å². The number of imidazole rings is 1. The van der Waals surface area contributed by atoms with Crippen molar-refractivity contribution in [2.45, 2.75) is 0 Å². The van der Waals surface area contributed by atoms with Crippen LogP contribution in [-0.4, -0.2) is 48.8 Å². The van der Waals surface area contributed by atoms with Crippen molar-refractivity contribution < 1.29 is 9.53 Å². The first-order valence-corrected chi connectivity index (χ1v) is 5.20. The van der Waals surface area contributed by atoms with E-state index >= 15 is 0 Å². The summed E-state index contributed by atoms with van der Waals surface area (Å²) in [5, 5.41) is 5.90. The van der Waals surface area contributed by atoms with Gasteiger partial charge in [0.05, 0.1) is 12.9 Å². The third-order valence-electron chi connectivity index (χ3n) is 2.01. The van der Waals surface area contributed by atoms with E-state index in [1.165, 1.54) is 0 Å². The van der Waals surface area contributed by atoms with Crippen molar-refractivity contribution in [1.29, 1.82) is 0 Å². The van der Waals surface area contributed by atoms with Crippen molar-refractivity contribution >= 4 is 18.3 Å². The van der Waals surface area contributed by atoms with Gasteiger partial charge in [0.15, 0.2) is 0 Å². The molecule has 1 aromatic rings. The van der Waals surface area contributed by atoms with Crippen molar-refractivity contribution in [3.8, 4) is 0 Å². The van der Waals surface area contributed by atoms with Gasteiger partial charge in [0, 0.05) is 40.0 Å². The number of aryl methyl sites for hydroxylation is 1. The van der Waals surface area contributed by atoms with E-state index in [1.807, 2.05) is 7.05 Å². The molecule has 7 heteroatoms. The fourth-order valence-electron chi connectivity index (χ4n) is 1.18. The first kappa shape index (κ1) is 15.9. The van der Waals surface area contributed by atoms with Gasteiger partial charge in [0.1, 0.15) is 5.69 Å². The highest BCUT2D eigenvalue weighted by Crippen LogP contribution is 1.92. The van der Waals surface area contributed by atoms with E-state index in [-0.39, 0.29) is 18.3 Å². The van der Waals surface area contributed by atoms with Crippen LogP contribution in [-0.2, 0) is 11.8 Å². The molecular formula is C10H19ClN4O2. The number of aromatic nitrogens is 2. The molecule has 1 aromatic heterocycles. The third kappa shape index (κ3) is 6.25. The van der Waals surface area contributed by atoms with Gasteiger partial charge in [-0.3, -0.25) is 4.79 Å². The van der Waals surface area contributed by atoms with Gasteiger partial charge in [-0.25, -0.2) is 4.98 Å². The molecule has 0 saturated heterocycles. The maximum absolute atomic E-state index is 11.5. The van der Waals surface area contributed by atoms with E-state index in [4.69, 9.17) is 4.74 Å². The molecule has 0 atom stereocenters. The monoisotopic (exact) mass is 262 g/mol. The van der Waals surface area contributed by atoms with Crippen LogP contribution >= 0.6 is 12.4 Å². The lowest BCUT2D eigenvalue weighted by molar-refractivity contribution is 0.0949. The number of carbonyl (C=O) groups is 1. The van der Waals surface area contributed by atoms with Crippen molar-refractivity contribution in [3.63, 3.8) is 0 Å². The Labute approximate surface area is 107 Å². The van der Waals surface area contributed by atoms with Crippen LogP contribution in [0, 0.1) is 0 Å². The minimum atomic E-state index is -0.144. The zero-order valence-electron chi connectivity index (χ0n) is 10.1. The highest BCUT2D eigenvalue weighted by atomic mass is 35.5. The first-order valence-electron chi connectivity index (χ1n) is 5.20. The van der Waals surface area contributed by atoms with E-state index in [9.17, 15) is 4.79 Å². The second-order valence-electron chi connectivity index (χ2n) is 3.42. The van der Waals surface area contributed by atoms with Crippen molar-refractivity contribution in [2.75, 3.05) is 33.4 Å². The summed E-state index contributed by atoms with van der Waals surface area (Å²) in [6.07, 6.45) is 3.29. The number of hydrogen-bond acceptors (Lipinski definition) is 4. The van der Waals surface area contributed by atoms with Crippen LogP contribution in [0.25, 0.3) is 0 Å². The summed E-state index contributed by atoms with van der Waals surface area (Å²) in [7, 11) is 3.49. The molecule has 0 fully saturated rings. The quantitative estimate of drug-likeness (QED) is 0.669. The van der Waals surface area contributed by atoms with Crippen LogP contribution in [0.5, 0.6) is 0 Å². The van der Waals surface area contributed by atoms with E-state index in [1.54, 1.807) is 24.2 Å². The molecule has 98 valence electrons. The number of ether oxygens (including phenoxy) is 1. The molecule has 0 aliphatic heterocycles. The summed E-state index contributed by atoms with van der Waals surface area (Å²) >= 11 is 0. The largest absolute Gasteiger partial charge is 0.383 e. The molecular weight excluding hydrogens is 244 g/mol. The number of amides is 1. The molecule has 0 aliphatic rings. The molecule has 1 amide bonds. The lowest BCUT2D eigenvalue weighted by atomic mass is 10.4. The standard InChI is InChI=1S/C10H18N4O2.ClH/c1-14-7-9(13-8-14)10(15)12-4-3-11-5-6-16-2;/h7-8,11H,3-6H2,1-2H3,(H,12,15);1H. The van der Waals surface area contributed by atoms with Gasteiger partial charge in [-0.2, -0.15) is 0 Å². The van der Waals surface area contributed by atoms with E-state index in [0.717, 1.165) is 13.1 Å². The number of methoxy groups -OCH3 is 1. The molecule has 0 radical (unpaired) electrons. The number of carbonyl (C=O) groups excluding carboxylic acids is 1. The van der Waals surface area contributed by atoms with Crippen LogP contribution in [0.3, 0.4) is 0 Å². The summed E-state index contributed by atoms with van der Waals surface area (Å²) in [6.45, 7) is 2.77. The fourth-order valence-corrected chi connectivity index (χ4v) is 1.18. The van der Waals surface area contributed by atoms with Gasteiger partial charge in [0.2, 0.25) is 0 Å². The van der Waals surface area contributed by atoms with Crippen LogP contribution in [0.4, 0.5) is 0 Å². The van der Waals surface area contributed by atoms with E-state index in [2.05, 4.69) is 15.6 Å². The number of hydrogen-bond donors (Lipinski definition) is 2. The summed E-state index contributed by atoms with van der Waals surface area (Å²) in [6, 6.07) is 0. The Kier molecular flexibility index (Phi) is 8.39. The minimum absolute atomic E-state index is 0. The highest BCUT2D eigenvalue weighted by molar-refractivity contribution is 5.91. The average molecular weight is 263 g/mol. The predicted molar refractivity (Wildman–Crippen MR) is 67.5 cm³/mol. The zero-order chi connectivity index (χ0) is 11.8. The molecule has 6 nitrogen and oxygen atoms in total. The van der Waals surface area contributed by atoms with Gasteiger partial charge < -0.3 is 19.9 Å².